The fourth-order valence-corrected chi connectivity index (χ4v) is 5.63. The van der Waals surface area contributed by atoms with Gasteiger partial charge in [0.2, 0.25) is 0 Å². The number of carbonyl (C=O) groups is 3. The summed E-state index contributed by atoms with van der Waals surface area (Å²) in [6.07, 6.45) is 24.7. The monoisotopic (exact) mass is 638 g/mol. The minimum absolute atomic E-state index is 0.0856. The van der Waals surface area contributed by atoms with Crippen LogP contribution in [0.4, 0.5) is 0 Å². The molecular weight excluding hydrogens is 576 g/mol. The van der Waals surface area contributed by atoms with Gasteiger partial charge in [-0.1, -0.05) is 96.3 Å². The Morgan fingerprint density at radius 3 is 1.07 bits per heavy atom. The highest BCUT2D eigenvalue weighted by Gasteiger charge is 2.23. The van der Waals surface area contributed by atoms with Crippen LogP contribution in [-0.2, 0) is 42.8 Å². The van der Waals surface area contributed by atoms with E-state index in [0.717, 1.165) is 84.0 Å². The third-order valence-corrected chi connectivity index (χ3v) is 8.84. The lowest BCUT2D eigenvalue weighted by molar-refractivity contribution is -0.167. The van der Waals surface area contributed by atoms with Gasteiger partial charge in [0.15, 0.2) is 6.10 Å². The summed E-state index contributed by atoms with van der Waals surface area (Å²) in [7, 11) is 0. The Kier molecular flexibility index (Phi) is 20.5. The number of epoxide rings is 3. The van der Waals surface area contributed by atoms with E-state index in [0.29, 0.717) is 37.6 Å². The second-order valence-electron chi connectivity index (χ2n) is 13.3. The average Bonchev–Trinajstić information content (AvgIpc) is 3.86. The molecule has 0 amide bonds. The maximum atomic E-state index is 12.5. The van der Waals surface area contributed by atoms with Gasteiger partial charge in [-0.05, 0) is 38.5 Å². The van der Waals surface area contributed by atoms with Crippen LogP contribution in [0.15, 0.2) is 0 Å². The van der Waals surface area contributed by atoms with Crippen molar-refractivity contribution in [1.29, 1.82) is 0 Å². The van der Waals surface area contributed by atoms with Crippen molar-refractivity contribution in [2.24, 2.45) is 0 Å². The van der Waals surface area contributed by atoms with Crippen molar-refractivity contribution in [3.05, 3.63) is 0 Å². The number of rotatable bonds is 32. The molecule has 0 spiro atoms. The molecule has 3 fully saturated rings. The Hall–Kier alpha value is -1.71. The van der Waals surface area contributed by atoms with Crippen LogP contribution in [0, 0.1) is 0 Å². The number of carbonyl (C=O) groups excluding carboxylic acids is 3. The van der Waals surface area contributed by atoms with Crippen LogP contribution >= 0.6 is 0 Å². The van der Waals surface area contributed by atoms with E-state index in [1.807, 2.05) is 0 Å². The fourth-order valence-electron chi connectivity index (χ4n) is 5.63. The van der Waals surface area contributed by atoms with Crippen molar-refractivity contribution in [2.45, 2.75) is 179 Å². The molecule has 0 bridgehead atoms. The van der Waals surface area contributed by atoms with E-state index in [9.17, 15) is 14.4 Å². The standard InChI is InChI=1S/C36H62O9/c37-34(22-16-10-4-1-7-13-19-30-25-40-30)43-28-33(45-36(39)24-18-12-6-3-9-15-21-32-27-42-32)29-44-35(38)23-17-11-5-2-8-14-20-31-26-41-31/h30-33H,1-29H2. The molecule has 3 rings (SSSR count). The van der Waals surface area contributed by atoms with Gasteiger partial charge in [-0.3, -0.25) is 14.4 Å². The number of esters is 3. The van der Waals surface area contributed by atoms with Gasteiger partial charge in [-0.25, -0.2) is 0 Å². The van der Waals surface area contributed by atoms with Gasteiger partial charge >= 0.3 is 17.9 Å². The summed E-state index contributed by atoms with van der Waals surface area (Å²) in [5.41, 5.74) is 0. The lowest BCUT2D eigenvalue weighted by Crippen LogP contribution is -2.30. The summed E-state index contributed by atoms with van der Waals surface area (Å²) in [4.78, 5) is 37.3. The molecule has 0 aromatic carbocycles. The zero-order valence-corrected chi connectivity index (χ0v) is 28.0. The maximum absolute atomic E-state index is 12.5. The van der Waals surface area contributed by atoms with Gasteiger partial charge in [0.1, 0.15) is 13.2 Å². The predicted octanol–water partition coefficient (Wildman–Crippen LogP) is 7.54. The number of hydrogen-bond donors (Lipinski definition) is 0. The molecule has 0 aromatic heterocycles. The lowest BCUT2D eigenvalue weighted by atomic mass is 10.1. The molecule has 9 heteroatoms. The first-order chi connectivity index (χ1) is 22.1. The molecule has 0 radical (unpaired) electrons. The first-order valence-electron chi connectivity index (χ1n) is 18.4. The zero-order valence-electron chi connectivity index (χ0n) is 28.0. The largest absolute Gasteiger partial charge is 0.462 e. The Morgan fingerprint density at radius 2 is 0.733 bits per heavy atom. The van der Waals surface area contributed by atoms with Crippen molar-refractivity contribution in [2.75, 3.05) is 33.0 Å². The van der Waals surface area contributed by atoms with Crippen molar-refractivity contribution >= 4 is 17.9 Å². The van der Waals surface area contributed by atoms with Gasteiger partial charge in [0.25, 0.3) is 0 Å². The molecule has 0 saturated carbocycles. The third-order valence-electron chi connectivity index (χ3n) is 8.84. The van der Waals surface area contributed by atoms with Gasteiger partial charge < -0.3 is 28.4 Å². The van der Waals surface area contributed by atoms with Crippen molar-refractivity contribution in [3.8, 4) is 0 Å². The molecule has 9 nitrogen and oxygen atoms in total. The topological polar surface area (TPSA) is 116 Å². The van der Waals surface area contributed by atoms with E-state index < -0.39 is 6.10 Å². The normalized spacial score (nSPS) is 20.4. The average molecular weight is 639 g/mol. The number of unbranched alkanes of at least 4 members (excludes halogenated alkanes) is 15. The molecule has 260 valence electrons. The maximum Gasteiger partial charge on any atom is 0.306 e. The molecule has 3 aliphatic heterocycles. The van der Waals surface area contributed by atoms with E-state index in [2.05, 4.69) is 0 Å². The summed E-state index contributed by atoms with van der Waals surface area (Å²) in [6, 6.07) is 0. The van der Waals surface area contributed by atoms with Gasteiger partial charge in [-0.2, -0.15) is 0 Å². The Morgan fingerprint density at radius 1 is 0.444 bits per heavy atom. The Labute approximate surface area is 272 Å². The minimum Gasteiger partial charge on any atom is -0.462 e. The Bertz CT molecular complexity index is 747. The van der Waals surface area contributed by atoms with Crippen LogP contribution < -0.4 is 0 Å². The smallest absolute Gasteiger partial charge is 0.306 e. The number of ether oxygens (including phenoxy) is 6. The van der Waals surface area contributed by atoms with E-state index in [-0.39, 0.29) is 31.1 Å². The van der Waals surface area contributed by atoms with Crippen molar-refractivity contribution in [3.63, 3.8) is 0 Å². The van der Waals surface area contributed by atoms with Crippen LogP contribution in [0.1, 0.15) is 154 Å². The molecule has 0 N–H and O–H groups in total. The summed E-state index contributed by atoms with van der Waals surface area (Å²) in [5.74, 6) is -0.934. The van der Waals surface area contributed by atoms with Crippen LogP contribution in [0.25, 0.3) is 0 Å². The number of hydrogen-bond acceptors (Lipinski definition) is 9. The Balaban J connectivity index is 1.22. The molecule has 3 heterocycles. The quantitative estimate of drug-likeness (QED) is 0.0319. The highest BCUT2D eigenvalue weighted by molar-refractivity contribution is 5.71. The summed E-state index contributed by atoms with van der Waals surface area (Å²) >= 11 is 0. The fraction of sp³-hybridized carbons (Fsp3) is 0.917. The van der Waals surface area contributed by atoms with Crippen LogP contribution in [0.5, 0.6) is 0 Å². The molecule has 3 aliphatic rings. The first-order valence-corrected chi connectivity index (χ1v) is 18.4. The summed E-state index contributed by atoms with van der Waals surface area (Å²) < 4.78 is 32.2. The van der Waals surface area contributed by atoms with Gasteiger partial charge in [0.05, 0.1) is 38.1 Å². The van der Waals surface area contributed by atoms with E-state index in [1.165, 1.54) is 70.6 Å². The van der Waals surface area contributed by atoms with Crippen molar-refractivity contribution in [1.82, 2.24) is 0 Å². The molecule has 45 heavy (non-hydrogen) atoms. The van der Waals surface area contributed by atoms with Crippen molar-refractivity contribution < 1.29 is 42.8 Å². The van der Waals surface area contributed by atoms with Crippen LogP contribution in [0.2, 0.25) is 0 Å². The second-order valence-corrected chi connectivity index (χ2v) is 13.3. The van der Waals surface area contributed by atoms with E-state index in [1.54, 1.807) is 0 Å². The van der Waals surface area contributed by atoms with E-state index >= 15 is 0 Å². The summed E-state index contributed by atoms with van der Waals surface area (Å²) in [6.45, 7) is 2.62. The highest BCUT2D eigenvalue weighted by Crippen LogP contribution is 2.20. The minimum atomic E-state index is -0.777. The molecule has 3 saturated heterocycles. The lowest BCUT2D eigenvalue weighted by Gasteiger charge is -2.18. The predicted molar refractivity (Wildman–Crippen MR) is 172 cm³/mol. The molecule has 0 aliphatic carbocycles. The van der Waals surface area contributed by atoms with Crippen LogP contribution in [-0.4, -0.2) is 75.4 Å². The second kappa shape index (κ2) is 24.5. The highest BCUT2D eigenvalue weighted by atomic mass is 16.6. The molecule has 3 unspecified atom stereocenters. The molecular formula is C36H62O9. The first kappa shape index (κ1) is 37.7. The van der Waals surface area contributed by atoms with Crippen LogP contribution in [0.3, 0.4) is 0 Å². The molecule has 0 aromatic rings. The molecule has 3 atom stereocenters. The SMILES string of the molecule is O=C(CCCCCCCCC1CO1)OCC(COC(=O)CCCCCCCCC1CO1)OC(=O)CCCCCCCCC1CO1. The third kappa shape index (κ3) is 23.3. The summed E-state index contributed by atoms with van der Waals surface area (Å²) in [5, 5.41) is 0. The zero-order chi connectivity index (χ0) is 31.8. The van der Waals surface area contributed by atoms with E-state index in [4.69, 9.17) is 28.4 Å². The van der Waals surface area contributed by atoms with Gasteiger partial charge in [0, 0.05) is 19.3 Å². The van der Waals surface area contributed by atoms with Gasteiger partial charge in [-0.15, -0.1) is 0 Å².